The molecule has 0 aromatic carbocycles. The van der Waals surface area contributed by atoms with Crippen molar-refractivity contribution < 1.29 is 14.4 Å². The SMILES string of the molecule is C=CCON(C(C)=O)C1CCCN(CC(N)=O)C1. The van der Waals surface area contributed by atoms with Crippen LogP contribution >= 0.6 is 0 Å². The first-order valence-corrected chi connectivity index (χ1v) is 6.09. The Morgan fingerprint density at radius 2 is 2.33 bits per heavy atom. The average molecular weight is 255 g/mol. The standard InChI is InChI=1S/C12H21N3O3/c1-3-7-18-15(10(2)16)11-5-4-6-14(8-11)9-12(13)17/h3,11H,1,4-9H2,2H3,(H2,13,17). The lowest BCUT2D eigenvalue weighted by Crippen LogP contribution is -2.51. The maximum Gasteiger partial charge on any atom is 0.243 e. The van der Waals surface area contributed by atoms with E-state index in [0.717, 1.165) is 19.4 Å². The number of piperidine rings is 1. The molecule has 1 atom stereocenters. The second kappa shape index (κ2) is 7.13. The van der Waals surface area contributed by atoms with Crippen molar-refractivity contribution in [1.29, 1.82) is 0 Å². The second-order valence-corrected chi connectivity index (χ2v) is 4.43. The zero-order valence-electron chi connectivity index (χ0n) is 10.8. The fraction of sp³-hybridized carbons (Fsp3) is 0.667. The number of hydrogen-bond acceptors (Lipinski definition) is 4. The van der Waals surface area contributed by atoms with Crippen LogP contribution in [-0.4, -0.2) is 54.1 Å². The Morgan fingerprint density at radius 1 is 1.61 bits per heavy atom. The summed E-state index contributed by atoms with van der Waals surface area (Å²) >= 11 is 0. The third-order valence-electron chi connectivity index (χ3n) is 2.83. The fourth-order valence-corrected chi connectivity index (χ4v) is 2.17. The maximum atomic E-state index is 11.5. The molecule has 0 aromatic heterocycles. The molecule has 2 N–H and O–H groups in total. The minimum absolute atomic E-state index is 0.0319. The number of carbonyl (C=O) groups excluding carboxylic acids is 2. The van der Waals surface area contributed by atoms with Gasteiger partial charge in [-0.25, -0.2) is 5.06 Å². The van der Waals surface area contributed by atoms with Crippen molar-refractivity contribution in [2.75, 3.05) is 26.2 Å². The predicted octanol–water partition coefficient (Wildman–Crippen LogP) is -0.0978. The van der Waals surface area contributed by atoms with Crippen LogP contribution in [0.5, 0.6) is 0 Å². The van der Waals surface area contributed by atoms with Crippen LogP contribution in [-0.2, 0) is 14.4 Å². The minimum Gasteiger partial charge on any atom is -0.369 e. The number of hydrogen-bond donors (Lipinski definition) is 1. The minimum atomic E-state index is -0.350. The molecule has 6 nitrogen and oxygen atoms in total. The summed E-state index contributed by atoms with van der Waals surface area (Å²) in [5, 5.41) is 1.38. The molecule has 102 valence electrons. The summed E-state index contributed by atoms with van der Waals surface area (Å²) in [4.78, 5) is 29.8. The van der Waals surface area contributed by atoms with E-state index in [2.05, 4.69) is 6.58 Å². The Hall–Kier alpha value is -1.40. The number of likely N-dealkylation sites (tertiary alicyclic amines) is 1. The number of hydroxylamine groups is 2. The van der Waals surface area contributed by atoms with E-state index >= 15 is 0 Å². The van der Waals surface area contributed by atoms with Gasteiger partial charge in [-0.15, -0.1) is 6.58 Å². The van der Waals surface area contributed by atoms with Crippen molar-refractivity contribution in [1.82, 2.24) is 9.96 Å². The quantitative estimate of drug-likeness (QED) is 0.531. The van der Waals surface area contributed by atoms with Crippen molar-refractivity contribution in [2.24, 2.45) is 5.73 Å². The molecule has 18 heavy (non-hydrogen) atoms. The van der Waals surface area contributed by atoms with Gasteiger partial charge in [0.2, 0.25) is 11.8 Å². The fourth-order valence-electron chi connectivity index (χ4n) is 2.17. The first-order valence-electron chi connectivity index (χ1n) is 6.09. The number of primary amides is 1. The molecule has 0 bridgehead atoms. The van der Waals surface area contributed by atoms with Gasteiger partial charge in [-0.05, 0) is 19.4 Å². The molecule has 1 fully saturated rings. The highest BCUT2D eigenvalue weighted by Gasteiger charge is 2.28. The third-order valence-corrected chi connectivity index (χ3v) is 2.83. The smallest absolute Gasteiger partial charge is 0.243 e. The summed E-state index contributed by atoms with van der Waals surface area (Å²) in [6, 6.07) is -0.0319. The highest BCUT2D eigenvalue weighted by molar-refractivity contribution is 5.76. The molecule has 1 heterocycles. The molecular formula is C12H21N3O3. The Labute approximate surface area is 107 Å². The predicted molar refractivity (Wildman–Crippen MR) is 67.3 cm³/mol. The zero-order chi connectivity index (χ0) is 13.5. The van der Waals surface area contributed by atoms with Crippen LogP contribution in [0.25, 0.3) is 0 Å². The van der Waals surface area contributed by atoms with Gasteiger partial charge >= 0.3 is 0 Å². The van der Waals surface area contributed by atoms with E-state index < -0.39 is 0 Å². The monoisotopic (exact) mass is 255 g/mol. The van der Waals surface area contributed by atoms with Gasteiger partial charge in [-0.1, -0.05) is 6.08 Å². The van der Waals surface area contributed by atoms with Crippen molar-refractivity contribution in [3.8, 4) is 0 Å². The molecule has 0 radical (unpaired) electrons. The van der Waals surface area contributed by atoms with E-state index in [1.54, 1.807) is 6.08 Å². The van der Waals surface area contributed by atoms with Crippen molar-refractivity contribution in [3.05, 3.63) is 12.7 Å². The van der Waals surface area contributed by atoms with Gasteiger partial charge in [0.1, 0.15) is 0 Å². The molecule has 1 saturated heterocycles. The van der Waals surface area contributed by atoms with Crippen LogP contribution in [0.15, 0.2) is 12.7 Å². The lowest BCUT2D eigenvalue weighted by Gasteiger charge is -2.37. The van der Waals surface area contributed by atoms with Gasteiger partial charge in [0, 0.05) is 13.5 Å². The summed E-state index contributed by atoms with van der Waals surface area (Å²) in [7, 11) is 0. The summed E-state index contributed by atoms with van der Waals surface area (Å²) < 4.78 is 0. The summed E-state index contributed by atoms with van der Waals surface area (Å²) in [5.74, 6) is -0.486. The second-order valence-electron chi connectivity index (χ2n) is 4.43. The maximum absolute atomic E-state index is 11.5. The number of rotatable bonds is 6. The lowest BCUT2D eigenvalue weighted by molar-refractivity contribution is -0.198. The number of amides is 2. The van der Waals surface area contributed by atoms with Gasteiger partial charge in [0.15, 0.2) is 0 Å². The first-order chi connectivity index (χ1) is 8.54. The lowest BCUT2D eigenvalue weighted by atomic mass is 10.1. The van der Waals surface area contributed by atoms with Crippen LogP contribution < -0.4 is 5.73 Å². The van der Waals surface area contributed by atoms with Crippen LogP contribution in [0.1, 0.15) is 19.8 Å². The number of nitrogens with zero attached hydrogens (tertiary/aromatic N) is 2. The van der Waals surface area contributed by atoms with Gasteiger partial charge in [-0.2, -0.15) is 0 Å². The Morgan fingerprint density at radius 3 is 2.89 bits per heavy atom. The van der Waals surface area contributed by atoms with Gasteiger partial charge in [-0.3, -0.25) is 19.3 Å². The topological polar surface area (TPSA) is 75.9 Å². The molecule has 0 aliphatic carbocycles. The highest BCUT2D eigenvalue weighted by atomic mass is 16.7. The Bertz CT molecular complexity index is 320. The molecular weight excluding hydrogens is 234 g/mol. The summed E-state index contributed by atoms with van der Waals surface area (Å²) in [6.07, 6.45) is 3.38. The van der Waals surface area contributed by atoms with E-state index in [1.807, 2.05) is 4.90 Å². The summed E-state index contributed by atoms with van der Waals surface area (Å²) in [6.45, 7) is 6.99. The third kappa shape index (κ3) is 4.46. The molecule has 1 rings (SSSR count). The largest absolute Gasteiger partial charge is 0.369 e. The van der Waals surface area contributed by atoms with Crippen LogP contribution in [0.3, 0.4) is 0 Å². The molecule has 1 aliphatic heterocycles. The van der Waals surface area contributed by atoms with E-state index in [0.29, 0.717) is 13.2 Å². The van der Waals surface area contributed by atoms with Crippen LogP contribution in [0.2, 0.25) is 0 Å². The molecule has 2 amide bonds. The van der Waals surface area contributed by atoms with Gasteiger partial charge in [0.05, 0.1) is 19.2 Å². The summed E-state index contributed by atoms with van der Waals surface area (Å²) in [5.41, 5.74) is 5.18. The normalized spacial score (nSPS) is 20.4. The molecule has 0 aromatic rings. The Kier molecular flexibility index (Phi) is 5.80. The molecule has 1 aliphatic rings. The zero-order valence-corrected chi connectivity index (χ0v) is 10.8. The molecule has 0 saturated carbocycles. The van der Waals surface area contributed by atoms with Crippen molar-refractivity contribution >= 4 is 11.8 Å². The van der Waals surface area contributed by atoms with E-state index in [9.17, 15) is 9.59 Å². The van der Waals surface area contributed by atoms with Crippen molar-refractivity contribution in [2.45, 2.75) is 25.8 Å². The van der Waals surface area contributed by atoms with Crippen LogP contribution in [0, 0.1) is 0 Å². The van der Waals surface area contributed by atoms with Gasteiger partial charge < -0.3 is 5.73 Å². The van der Waals surface area contributed by atoms with Gasteiger partial charge in [0.25, 0.3) is 0 Å². The highest BCUT2D eigenvalue weighted by Crippen LogP contribution is 2.16. The average Bonchev–Trinajstić information content (AvgIpc) is 2.28. The van der Waals surface area contributed by atoms with Crippen molar-refractivity contribution in [3.63, 3.8) is 0 Å². The first kappa shape index (κ1) is 14.7. The molecule has 6 heteroatoms. The number of carbonyl (C=O) groups is 2. The molecule has 1 unspecified atom stereocenters. The van der Waals surface area contributed by atoms with E-state index in [1.165, 1.54) is 12.0 Å². The van der Waals surface area contributed by atoms with Crippen LogP contribution in [0.4, 0.5) is 0 Å². The number of nitrogens with two attached hydrogens (primary N) is 1. The van der Waals surface area contributed by atoms with E-state index in [4.69, 9.17) is 10.6 Å². The molecule has 0 spiro atoms. The van der Waals surface area contributed by atoms with E-state index in [-0.39, 0.29) is 24.4 Å². The Balaban J connectivity index is 2.58.